The third kappa shape index (κ3) is 4.79. The van der Waals surface area contributed by atoms with Crippen molar-refractivity contribution in [1.82, 2.24) is 0 Å². The van der Waals surface area contributed by atoms with Crippen molar-refractivity contribution < 1.29 is 29.0 Å². The Morgan fingerprint density at radius 3 is 2.04 bits per heavy atom. The molecular weight excluding hydrogens is 360 g/mol. The van der Waals surface area contributed by atoms with E-state index in [2.05, 4.69) is 0 Å². The minimum atomic E-state index is -1.63. The predicted octanol–water partition coefficient (Wildman–Crippen LogP) is 2.94. The maximum absolute atomic E-state index is 12.9. The number of aryl methyl sites for hydroxylation is 1. The highest BCUT2D eigenvalue weighted by molar-refractivity contribution is 6.02. The van der Waals surface area contributed by atoms with E-state index in [9.17, 15) is 19.5 Å². The van der Waals surface area contributed by atoms with Crippen LogP contribution in [0.2, 0.25) is 0 Å². The van der Waals surface area contributed by atoms with Crippen molar-refractivity contribution >= 4 is 17.7 Å². The topological polar surface area (TPSA) is 89.9 Å². The number of benzene rings is 1. The van der Waals surface area contributed by atoms with Crippen LogP contribution in [0, 0.1) is 18.8 Å². The van der Waals surface area contributed by atoms with Gasteiger partial charge in [-0.25, -0.2) is 0 Å². The molecule has 1 saturated carbocycles. The van der Waals surface area contributed by atoms with E-state index in [0.29, 0.717) is 5.56 Å². The smallest absolute Gasteiger partial charge is 0.317 e. The molecule has 1 aromatic rings. The van der Waals surface area contributed by atoms with Crippen LogP contribution in [0.5, 0.6) is 0 Å². The summed E-state index contributed by atoms with van der Waals surface area (Å²) in [6.07, 6.45) is -1.10. The van der Waals surface area contributed by atoms with Crippen molar-refractivity contribution in [2.75, 3.05) is 0 Å². The second-order valence-corrected chi connectivity index (χ2v) is 8.36. The van der Waals surface area contributed by atoms with E-state index in [-0.39, 0.29) is 12.5 Å². The number of aliphatic hydroxyl groups is 1. The van der Waals surface area contributed by atoms with Crippen LogP contribution in [-0.2, 0) is 23.9 Å². The van der Waals surface area contributed by atoms with Crippen LogP contribution in [0.1, 0.15) is 58.1 Å². The molecule has 1 N–H and O–H groups in total. The molecule has 6 heteroatoms. The highest BCUT2D eigenvalue weighted by Gasteiger charge is 2.57. The third-order valence-electron chi connectivity index (χ3n) is 4.94. The average Bonchev–Trinajstić information content (AvgIpc) is 2.52. The minimum Gasteiger partial charge on any atom is -0.463 e. The van der Waals surface area contributed by atoms with Crippen LogP contribution in [0.3, 0.4) is 0 Å². The molecule has 0 aromatic heterocycles. The minimum absolute atomic E-state index is 0.314. The second kappa shape index (κ2) is 8.43. The number of rotatable bonds is 5. The van der Waals surface area contributed by atoms with Gasteiger partial charge < -0.3 is 14.6 Å². The molecule has 1 aliphatic carbocycles. The first-order chi connectivity index (χ1) is 12.9. The van der Waals surface area contributed by atoms with E-state index in [4.69, 9.17) is 9.47 Å². The van der Waals surface area contributed by atoms with Crippen molar-refractivity contribution in [3.05, 3.63) is 35.4 Å². The van der Waals surface area contributed by atoms with Gasteiger partial charge in [-0.15, -0.1) is 0 Å². The average molecular weight is 390 g/mol. The van der Waals surface area contributed by atoms with Crippen LogP contribution < -0.4 is 0 Å². The van der Waals surface area contributed by atoms with Gasteiger partial charge >= 0.3 is 11.9 Å². The first kappa shape index (κ1) is 22.1. The van der Waals surface area contributed by atoms with Crippen LogP contribution in [0.4, 0.5) is 0 Å². The van der Waals surface area contributed by atoms with E-state index in [0.717, 1.165) is 5.56 Å². The number of ketones is 1. The van der Waals surface area contributed by atoms with Gasteiger partial charge in [-0.2, -0.15) is 0 Å². The summed E-state index contributed by atoms with van der Waals surface area (Å²) in [6, 6.07) is 7.25. The third-order valence-corrected chi connectivity index (χ3v) is 4.94. The van der Waals surface area contributed by atoms with E-state index in [1.165, 1.54) is 6.92 Å². The number of hydrogen-bond donors (Lipinski definition) is 1. The van der Waals surface area contributed by atoms with Gasteiger partial charge in [0.25, 0.3) is 0 Å². The second-order valence-electron chi connectivity index (χ2n) is 8.36. The fourth-order valence-corrected chi connectivity index (χ4v) is 3.82. The van der Waals surface area contributed by atoms with Crippen molar-refractivity contribution in [2.24, 2.45) is 11.8 Å². The molecule has 2 rings (SSSR count). The van der Waals surface area contributed by atoms with Crippen LogP contribution in [0.15, 0.2) is 24.3 Å². The summed E-state index contributed by atoms with van der Waals surface area (Å²) in [5.41, 5.74) is -0.0108. The summed E-state index contributed by atoms with van der Waals surface area (Å²) in [5, 5.41) is 11.0. The lowest BCUT2D eigenvalue weighted by Crippen LogP contribution is -2.55. The van der Waals surface area contributed by atoms with Crippen LogP contribution in [0.25, 0.3) is 0 Å². The summed E-state index contributed by atoms with van der Waals surface area (Å²) >= 11 is 0. The van der Waals surface area contributed by atoms with Crippen molar-refractivity contribution in [3.63, 3.8) is 0 Å². The zero-order valence-corrected chi connectivity index (χ0v) is 17.4. The van der Waals surface area contributed by atoms with Gasteiger partial charge in [0.15, 0.2) is 5.78 Å². The van der Waals surface area contributed by atoms with Gasteiger partial charge in [-0.05, 0) is 47.1 Å². The lowest BCUT2D eigenvalue weighted by atomic mass is 9.61. The van der Waals surface area contributed by atoms with Gasteiger partial charge in [0.1, 0.15) is 5.92 Å². The van der Waals surface area contributed by atoms with Crippen molar-refractivity contribution in [2.45, 2.75) is 71.7 Å². The van der Waals surface area contributed by atoms with Crippen LogP contribution >= 0.6 is 0 Å². The molecule has 6 nitrogen and oxygen atoms in total. The van der Waals surface area contributed by atoms with Gasteiger partial charge in [-0.3, -0.25) is 14.4 Å². The van der Waals surface area contributed by atoms with Crippen molar-refractivity contribution in [1.29, 1.82) is 0 Å². The lowest BCUT2D eigenvalue weighted by Gasteiger charge is -2.44. The Kier molecular flexibility index (Phi) is 6.65. The van der Waals surface area contributed by atoms with E-state index >= 15 is 0 Å². The molecule has 0 aliphatic heterocycles. The molecule has 1 aromatic carbocycles. The van der Waals surface area contributed by atoms with Crippen LogP contribution in [-0.4, -0.2) is 40.6 Å². The molecule has 154 valence electrons. The fraction of sp³-hybridized carbons (Fsp3) is 0.591. The number of hydrogen-bond acceptors (Lipinski definition) is 6. The molecular formula is C22H30O6. The molecule has 0 bridgehead atoms. The monoisotopic (exact) mass is 390 g/mol. The predicted molar refractivity (Wildman–Crippen MR) is 104 cm³/mol. The largest absolute Gasteiger partial charge is 0.463 e. The van der Waals surface area contributed by atoms with Gasteiger partial charge in [0, 0.05) is 12.3 Å². The molecule has 0 amide bonds. The number of Topliss-reactive ketones (excluding diaryl/α,β-unsaturated/α-hetero) is 1. The maximum Gasteiger partial charge on any atom is 0.317 e. The molecule has 4 atom stereocenters. The number of esters is 2. The molecule has 1 fully saturated rings. The summed E-state index contributed by atoms with van der Waals surface area (Å²) in [4.78, 5) is 38.6. The quantitative estimate of drug-likeness (QED) is 0.614. The van der Waals surface area contributed by atoms with Gasteiger partial charge in [-0.1, -0.05) is 29.8 Å². The Bertz CT molecular complexity index is 724. The zero-order chi connectivity index (χ0) is 21.2. The Labute approximate surface area is 166 Å². The fourth-order valence-electron chi connectivity index (χ4n) is 3.82. The van der Waals surface area contributed by atoms with Crippen molar-refractivity contribution in [3.8, 4) is 0 Å². The molecule has 28 heavy (non-hydrogen) atoms. The van der Waals surface area contributed by atoms with Gasteiger partial charge in [0.05, 0.1) is 23.7 Å². The zero-order valence-electron chi connectivity index (χ0n) is 17.4. The standard InChI is InChI=1S/C22H30O6/c1-12(2)27-20(24)18-16(23)11-22(6,26)19(21(25)28-13(3)4)17(18)15-9-7-14(5)8-10-15/h7-10,12-13,17-19,26H,11H2,1-6H3/t17-,18-,19+,22-/m1/s1. The molecule has 0 radical (unpaired) electrons. The lowest BCUT2D eigenvalue weighted by molar-refractivity contribution is -0.176. The first-order valence-corrected chi connectivity index (χ1v) is 9.66. The molecule has 1 aliphatic rings. The van der Waals surface area contributed by atoms with E-state index < -0.39 is 47.2 Å². The summed E-state index contributed by atoms with van der Waals surface area (Å²) in [6.45, 7) is 10.2. The Balaban J connectivity index is 2.59. The summed E-state index contributed by atoms with van der Waals surface area (Å²) in [5.74, 6) is -4.84. The summed E-state index contributed by atoms with van der Waals surface area (Å²) < 4.78 is 10.7. The molecule has 0 spiro atoms. The number of carbonyl (C=O) groups is 3. The first-order valence-electron chi connectivity index (χ1n) is 9.66. The normalized spacial score (nSPS) is 27.8. The Hall–Kier alpha value is -2.21. The SMILES string of the molecule is Cc1ccc([C@@H]2[C@H](C(=O)OC(C)C)C(=O)C[C@@](C)(O)[C@@H]2C(=O)OC(C)C)cc1. The Morgan fingerprint density at radius 1 is 1.04 bits per heavy atom. The molecule has 0 saturated heterocycles. The molecule has 0 heterocycles. The highest BCUT2D eigenvalue weighted by Crippen LogP contribution is 2.47. The number of ether oxygens (including phenoxy) is 2. The summed E-state index contributed by atoms with van der Waals surface area (Å²) in [7, 11) is 0. The van der Waals surface area contributed by atoms with E-state index in [1.807, 2.05) is 19.1 Å². The van der Waals surface area contributed by atoms with Gasteiger partial charge in [0.2, 0.25) is 0 Å². The Morgan fingerprint density at radius 2 is 1.54 bits per heavy atom. The highest BCUT2D eigenvalue weighted by atomic mass is 16.5. The van der Waals surface area contributed by atoms with E-state index in [1.54, 1.807) is 39.8 Å². The molecule has 0 unspecified atom stereocenters. The number of carbonyl (C=O) groups excluding carboxylic acids is 3. The maximum atomic E-state index is 12.9.